The van der Waals surface area contributed by atoms with Crippen LogP contribution in [0.1, 0.15) is 11.7 Å². The number of nitrogens with one attached hydrogen (secondary N) is 2. The molecule has 0 fully saturated rings. The van der Waals surface area contributed by atoms with Crippen molar-refractivity contribution in [1.82, 2.24) is 0 Å². The molecule has 24 heavy (non-hydrogen) atoms. The molecule has 0 unspecified atom stereocenters. The lowest BCUT2D eigenvalue weighted by molar-refractivity contribution is -0.384. The van der Waals surface area contributed by atoms with E-state index in [4.69, 9.17) is 16.3 Å². The topological polar surface area (TPSA) is 93.5 Å². The van der Waals surface area contributed by atoms with Gasteiger partial charge in [0, 0.05) is 22.7 Å². The van der Waals surface area contributed by atoms with Gasteiger partial charge >= 0.3 is 0 Å². The first kappa shape index (κ1) is 14.5. The van der Waals surface area contributed by atoms with E-state index in [1.807, 2.05) is 0 Å². The molecule has 2 N–H and O–H groups in total. The molecule has 7 nitrogen and oxygen atoms in total. The van der Waals surface area contributed by atoms with Gasteiger partial charge in [-0.05, 0) is 12.1 Å². The van der Waals surface area contributed by atoms with Crippen molar-refractivity contribution in [2.45, 2.75) is 6.10 Å². The largest absolute Gasteiger partial charge is 0.461 e. The molecule has 2 aromatic rings. The fourth-order valence-electron chi connectivity index (χ4n) is 2.69. The number of nitro benzene ring substituents is 1. The van der Waals surface area contributed by atoms with E-state index in [9.17, 15) is 14.9 Å². The minimum absolute atomic E-state index is 0.0564. The molecule has 0 saturated heterocycles. The van der Waals surface area contributed by atoms with E-state index >= 15 is 0 Å². The number of hydrogen-bond donors (Lipinski definition) is 2. The molecule has 4 rings (SSSR count). The summed E-state index contributed by atoms with van der Waals surface area (Å²) in [6, 6.07) is 11.2. The molecule has 0 aliphatic carbocycles. The Hall–Kier alpha value is -3.06. The molecule has 0 spiro atoms. The van der Waals surface area contributed by atoms with Gasteiger partial charge in [-0.3, -0.25) is 14.9 Å². The van der Waals surface area contributed by atoms with Crippen molar-refractivity contribution in [3.8, 4) is 0 Å². The van der Waals surface area contributed by atoms with Crippen molar-refractivity contribution in [3.63, 3.8) is 0 Å². The van der Waals surface area contributed by atoms with Crippen LogP contribution < -0.4 is 10.6 Å². The number of carbonyl (C=O) groups excluding carboxylic acids is 1. The summed E-state index contributed by atoms with van der Waals surface area (Å²) in [6.45, 7) is 0. The Bertz CT molecular complexity index is 925. The van der Waals surface area contributed by atoms with Crippen molar-refractivity contribution in [3.05, 3.63) is 74.7 Å². The van der Waals surface area contributed by atoms with Crippen molar-refractivity contribution in [1.29, 1.82) is 0 Å². The van der Waals surface area contributed by atoms with Crippen molar-refractivity contribution in [2.75, 3.05) is 10.6 Å². The van der Waals surface area contributed by atoms with E-state index < -0.39 is 11.0 Å². The summed E-state index contributed by atoms with van der Waals surface area (Å²) in [5.41, 5.74) is 1.82. The Labute approximate surface area is 141 Å². The summed E-state index contributed by atoms with van der Waals surface area (Å²) in [7, 11) is 0. The van der Waals surface area contributed by atoms with Gasteiger partial charge in [0.1, 0.15) is 5.70 Å². The number of benzene rings is 2. The Morgan fingerprint density at radius 3 is 2.67 bits per heavy atom. The third-order valence-electron chi connectivity index (χ3n) is 3.86. The van der Waals surface area contributed by atoms with E-state index in [2.05, 4.69) is 10.6 Å². The maximum atomic E-state index is 12.6. The molecule has 0 saturated carbocycles. The predicted molar refractivity (Wildman–Crippen MR) is 87.7 cm³/mol. The number of hydrogen-bond acceptors (Lipinski definition) is 6. The highest BCUT2D eigenvalue weighted by atomic mass is 35.5. The van der Waals surface area contributed by atoms with Gasteiger partial charge < -0.3 is 15.4 Å². The number of ether oxygens (including phenoxy) is 1. The van der Waals surface area contributed by atoms with Crippen LogP contribution >= 0.6 is 11.6 Å². The van der Waals surface area contributed by atoms with Gasteiger partial charge in [-0.25, -0.2) is 0 Å². The Kier molecular flexibility index (Phi) is 3.17. The molecule has 0 bridgehead atoms. The van der Waals surface area contributed by atoms with Crippen molar-refractivity contribution >= 4 is 34.4 Å². The van der Waals surface area contributed by atoms with Gasteiger partial charge in [0.15, 0.2) is 6.10 Å². The van der Waals surface area contributed by atoms with Crippen LogP contribution in [-0.2, 0) is 9.53 Å². The zero-order valence-corrected chi connectivity index (χ0v) is 12.8. The summed E-state index contributed by atoms with van der Waals surface area (Å²) >= 11 is 6.15. The van der Waals surface area contributed by atoms with Crippen LogP contribution in [0.5, 0.6) is 0 Å². The third-order valence-corrected chi connectivity index (χ3v) is 4.20. The van der Waals surface area contributed by atoms with Crippen molar-refractivity contribution < 1.29 is 14.5 Å². The Balaban J connectivity index is 1.67. The first-order valence-corrected chi connectivity index (χ1v) is 7.44. The van der Waals surface area contributed by atoms with Gasteiger partial charge in [0.05, 0.1) is 16.3 Å². The number of fused-ring (bicyclic) bond motifs is 1. The lowest BCUT2D eigenvalue weighted by Gasteiger charge is -2.19. The first-order chi connectivity index (χ1) is 11.5. The molecule has 2 aliphatic rings. The maximum absolute atomic E-state index is 12.6. The summed E-state index contributed by atoms with van der Waals surface area (Å²) in [4.78, 5) is 23.0. The monoisotopic (exact) mass is 343 g/mol. The fraction of sp³-hybridized carbons (Fsp3) is 0.0625. The van der Waals surface area contributed by atoms with E-state index in [0.29, 0.717) is 22.0 Å². The molecule has 0 aromatic heterocycles. The van der Waals surface area contributed by atoms with Crippen molar-refractivity contribution in [2.24, 2.45) is 0 Å². The van der Waals surface area contributed by atoms with E-state index in [1.54, 1.807) is 30.3 Å². The zero-order chi connectivity index (χ0) is 16.8. The molecule has 1 atom stereocenters. The molecule has 0 amide bonds. The number of anilines is 2. The van der Waals surface area contributed by atoms with Gasteiger partial charge in [-0.1, -0.05) is 29.8 Å². The molecule has 120 valence electrons. The maximum Gasteiger partial charge on any atom is 0.271 e. The highest BCUT2D eigenvalue weighted by Gasteiger charge is 2.40. The number of halogens is 1. The second kappa shape index (κ2) is 5.24. The molecular weight excluding hydrogens is 334 g/mol. The van der Waals surface area contributed by atoms with Crippen LogP contribution in [0, 0.1) is 10.1 Å². The van der Waals surface area contributed by atoms with Crippen LogP contribution in [0.4, 0.5) is 17.1 Å². The standard InChI is InChI=1S/C16H10ClN3O4/c17-10-4-2-1-3-9(10)15-14(21)13-16(24-15)19-12-7-8(20(22)23)5-6-11(12)18-13/h1-7,15,18-19H/t15-/m0/s1. The van der Waals surface area contributed by atoms with Crippen LogP contribution in [0.15, 0.2) is 54.0 Å². The van der Waals surface area contributed by atoms with Gasteiger partial charge in [-0.2, -0.15) is 0 Å². The van der Waals surface area contributed by atoms with Crippen LogP contribution in [0.25, 0.3) is 0 Å². The third kappa shape index (κ3) is 2.17. The summed E-state index contributed by atoms with van der Waals surface area (Å²) < 4.78 is 5.70. The number of carbonyl (C=O) groups is 1. The van der Waals surface area contributed by atoms with Gasteiger partial charge in [0.2, 0.25) is 11.7 Å². The number of Topliss-reactive ketones (excluding diaryl/α,β-unsaturated/α-hetero) is 1. The Morgan fingerprint density at radius 2 is 1.92 bits per heavy atom. The quantitative estimate of drug-likeness (QED) is 0.639. The lowest BCUT2D eigenvalue weighted by atomic mass is 10.0. The number of rotatable bonds is 2. The zero-order valence-electron chi connectivity index (χ0n) is 12.1. The summed E-state index contributed by atoms with van der Waals surface area (Å²) in [6.07, 6.45) is -0.854. The van der Waals surface area contributed by atoms with Gasteiger partial charge in [-0.15, -0.1) is 0 Å². The van der Waals surface area contributed by atoms with Crippen LogP contribution in [0.2, 0.25) is 5.02 Å². The van der Waals surface area contributed by atoms with Crippen LogP contribution in [0.3, 0.4) is 0 Å². The molecule has 2 aromatic carbocycles. The number of ketones is 1. The van der Waals surface area contributed by atoms with E-state index in [-0.39, 0.29) is 23.1 Å². The minimum Gasteiger partial charge on any atom is -0.461 e. The smallest absolute Gasteiger partial charge is 0.271 e. The molecule has 2 aliphatic heterocycles. The predicted octanol–water partition coefficient (Wildman–Crippen LogP) is 3.60. The SMILES string of the molecule is O=C1C2=C(Nc3cc([N+](=O)[O-])ccc3N2)O[C@H]1c1ccccc1Cl. The average molecular weight is 344 g/mol. The summed E-state index contributed by atoms with van der Waals surface area (Å²) in [5, 5.41) is 17.2. The number of non-ortho nitro benzene ring substituents is 1. The number of nitro groups is 1. The summed E-state index contributed by atoms with van der Waals surface area (Å²) in [5.74, 6) is -0.0208. The van der Waals surface area contributed by atoms with Gasteiger partial charge in [0.25, 0.3) is 5.69 Å². The van der Waals surface area contributed by atoms with Crippen LogP contribution in [-0.4, -0.2) is 10.7 Å². The molecule has 8 heteroatoms. The minimum atomic E-state index is -0.854. The second-order valence-corrected chi connectivity index (χ2v) is 5.73. The highest BCUT2D eigenvalue weighted by molar-refractivity contribution is 6.31. The van der Waals surface area contributed by atoms with E-state index in [1.165, 1.54) is 12.1 Å². The molecular formula is C16H10ClN3O4. The highest BCUT2D eigenvalue weighted by Crippen LogP contribution is 2.41. The van der Waals surface area contributed by atoms with E-state index in [0.717, 1.165) is 0 Å². The fourth-order valence-corrected chi connectivity index (χ4v) is 2.93. The normalized spacial score (nSPS) is 18.2. The lowest BCUT2D eigenvalue weighted by Crippen LogP contribution is -2.18. The Morgan fingerprint density at radius 1 is 1.12 bits per heavy atom. The first-order valence-electron chi connectivity index (χ1n) is 7.06. The number of nitrogens with zero attached hydrogens (tertiary/aromatic N) is 1. The second-order valence-electron chi connectivity index (χ2n) is 5.32. The molecule has 2 heterocycles. The molecule has 0 radical (unpaired) electrons. The average Bonchev–Trinajstić information content (AvgIpc) is 2.89.